The van der Waals surface area contributed by atoms with Gasteiger partial charge in [0.1, 0.15) is 5.82 Å². The molecule has 0 spiro atoms. The van der Waals surface area contributed by atoms with Crippen molar-refractivity contribution in [3.8, 4) is 5.69 Å². The van der Waals surface area contributed by atoms with Gasteiger partial charge in [-0.2, -0.15) is 4.68 Å². The Kier molecular flexibility index (Phi) is 4.49. The average molecular weight is 361 g/mol. The predicted octanol–water partition coefficient (Wildman–Crippen LogP) is 2.13. The van der Waals surface area contributed by atoms with Gasteiger partial charge in [-0.3, -0.25) is 0 Å². The van der Waals surface area contributed by atoms with Gasteiger partial charge in [0.05, 0.1) is 17.1 Å². The molecule has 0 unspecified atom stereocenters. The summed E-state index contributed by atoms with van der Waals surface area (Å²) in [5.74, 6) is 0.180. The Morgan fingerprint density at radius 1 is 1.16 bits per heavy atom. The molecule has 0 aliphatic carbocycles. The minimum absolute atomic E-state index is 0.222. The zero-order valence-corrected chi connectivity index (χ0v) is 14.5. The second kappa shape index (κ2) is 6.60. The summed E-state index contributed by atoms with van der Waals surface area (Å²) in [6, 6.07) is 10.7. The maximum atomic E-state index is 13.4. The summed E-state index contributed by atoms with van der Waals surface area (Å²) in [6.45, 7) is 2.15. The van der Waals surface area contributed by atoms with Crippen LogP contribution in [0, 0.1) is 12.7 Å². The van der Waals surface area contributed by atoms with Crippen LogP contribution in [0.5, 0.6) is 0 Å². The highest BCUT2D eigenvalue weighted by molar-refractivity contribution is 7.90. The number of tetrazole rings is 1. The summed E-state index contributed by atoms with van der Waals surface area (Å²) < 4.78 is 37.9. The molecular formula is C16H16FN5O2S. The second-order valence-electron chi connectivity index (χ2n) is 5.59. The van der Waals surface area contributed by atoms with Gasteiger partial charge in [0.25, 0.3) is 0 Å². The third kappa shape index (κ3) is 3.82. The molecule has 1 aromatic heterocycles. The molecule has 3 aromatic rings. The van der Waals surface area contributed by atoms with Gasteiger partial charge in [-0.05, 0) is 59.3 Å². The topological polar surface area (TPSA) is 89.8 Å². The van der Waals surface area contributed by atoms with Gasteiger partial charge in [0.15, 0.2) is 15.7 Å². The van der Waals surface area contributed by atoms with Crippen molar-refractivity contribution < 1.29 is 12.8 Å². The largest absolute Gasteiger partial charge is 0.377 e. The smallest absolute Gasteiger partial charge is 0.175 e. The molecule has 9 heteroatoms. The number of anilines is 1. The van der Waals surface area contributed by atoms with E-state index in [4.69, 9.17) is 0 Å². The highest BCUT2D eigenvalue weighted by atomic mass is 32.2. The molecule has 7 nitrogen and oxygen atoms in total. The Hall–Kier alpha value is -2.81. The Bertz CT molecular complexity index is 1000. The lowest BCUT2D eigenvalue weighted by Crippen LogP contribution is -2.09. The number of hydrogen-bond acceptors (Lipinski definition) is 6. The molecule has 0 aliphatic rings. The zero-order chi connectivity index (χ0) is 18.0. The minimum Gasteiger partial charge on any atom is -0.377 e. The van der Waals surface area contributed by atoms with E-state index in [1.807, 2.05) is 6.92 Å². The van der Waals surface area contributed by atoms with Crippen molar-refractivity contribution in [1.29, 1.82) is 0 Å². The standard InChI is InChI=1S/C16H16FN5O2S/c1-11-3-4-12(17)9-15(11)18-10-16-19-20-21-22(16)13-5-7-14(8-6-13)25(2,23)24/h3-9,18H,10H2,1-2H3. The van der Waals surface area contributed by atoms with E-state index in [1.54, 1.807) is 18.2 Å². The van der Waals surface area contributed by atoms with Crippen LogP contribution in [0.3, 0.4) is 0 Å². The van der Waals surface area contributed by atoms with Crippen LogP contribution in [0.25, 0.3) is 5.69 Å². The number of aromatic nitrogens is 4. The molecular weight excluding hydrogens is 345 g/mol. The van der Waals surface area contributed by atoms with Gasteiger partial charge in [-0.1, -0.05) is 6.07 Å². The predicted molar refractivity (Wildman–Crippen MR) is 90.7 cm³/mol. The summed E-state index contributed by atoms with van der Waals surface area (Å²) in [6.07, 6.45) is 1.15. The lowest BCUT2D eigenvalue weighted by molar-refractivity contribution is 0.602. The monoisotopic (exact) mass is 361 g/mol. The first-order valence-electron chi connectivity index (χ1n) is 7.42. The van der Waals surface area contributed by atoms with E-state index >= 15 is 0 Å². The molecule has 0 amide bonds. The molecule has 1 N–H and O–H groups in total. The molecule has 1 heterocycles. The molecule has 0 saturated carbocycles. The van der Waals surface area contributed by atoms with Crippen molar-refractivity contribution in [2.45, 2.75) is 18.4 Å². The van der Waals surface area contributed by atoms with E-state index in [-0.39, 0.29) is 17.3 Å². The first kappa shape index (κ1) is 17.0. The molecule has 130 valence electrons. The number of benzene rings is 2. The molecule has 3 rings (SSSR count). The lowest BCUT2D eigenvalue weighted by Gasteiger charge is -2.10. The van der Waals surface area contributed by atoms with E-state index in [9.17, 15) is 12.8 Å². The van der Waals surface area contributed by atoms with Crippen LogP contribution in [0.4, 0.5) is 10.1 Å². The Labute approximate surface area is 144 Å². The van der Waals surface area contributed by atoms with Crippen molar-refractivity contribution in [2.24, 2.45) is 0 Å². The summed E-state index contributed by atoms with van der Waals surface area (Å²) in [5, 5.41) is 14.6. The maximum absolute atomic E-state index is 13.4. The number of nitrogens with zero attached hydrogens (tertiary/aromatic N) is 4. The number of hydrogen-bond donors (Lipinski definition) is 1. The first-order valence-corrected chi connectivity index (χ1v) is 9.31. The van der Waals surface area contributed by atoms with E-state index in [2.05, 4.69) is 20.8 Å². The van der Waals surface area contributed by atoms with Crippen LogP contribution in [-0.2, 0) is 16.4 Å². The molecule has 0 aliphatic heterocycles. The maximum Gasteiger partial charge on any atom is 0.175 e. The normalized spacial score (nSPS) is 11.5. The first-order chi connectivity index (χ1) is 11.8. The molecule has 0 saturated heterocycles. The Morgan fingerprint density at radius 2 is 1.88 bits per heavy atom. The van der Waals surface area contributed by atoms with Crippen LogP contribution in [0.1, 0.15) is 11.4 Å². The number of sulfone groups is 1. The van der Waals surface area contributed by atoms with Crippen molar-refractivity contribution in [2.75, 3.05) is 11.6 Å². The van der Waals surface area contributed by atoms with Crippen LogP contribution < -0.4 is 5.32 Å². The van der Waals surface area contributed by atoms with Crippen molar-refractivity contribution in [1.82, 2.24) is 20.2 Å². The van der Waals surface area contributed by atoms with Gasteiger partial charge in [-0.25, -0.2) is 12.8 Å². The van der Waals surface area contributed by atoms with Gasteiger partial charge < -0.3 is 5.32 Å². The highest BCUT2D eigenvalue weighted by Crippen LogP contribution is 2.18. The SMILES string of the molecule is Cc1ccc(F)cc1NCc1nnnn1-c1ccc(S(C)(=O)=O)cc1. The molecule has 0 atom stereocenters. The van der Waals surface area contributed by atoms with Crippen LogP contribution >= 0.6 is 0 Å². The number of nitrogens with one attached hydrogen (secondary N) is 1. The van der Waals surface area contributed by atoms with E-state index in [1.165, 1.54) is 28.9 Å². The molecule has 2 aromatic carbocycles. The highest BCUT2D eigenvalue weighted by Gasteiger charge is 2.11. The van der Waals surface area contributed by atoms with Gasteiger partial charge >= 0.3 is 0 Å². The minimum atomic E-state index is -3.26. The van der Waals surface area contributed by atoms with Crippen LogP contribution in [-0.4, -0.2) is 34.9 Å². The fourth-order valence-corrected chi connectivity index (χ4v) is 2.94. The number of aryl methyl sites for hydroxylation is 1. The second-order valence-corrected chi connectivity index (χ2v) is 7.60. The van der Waals surface area contributed by atoms with Crippen molar-refractivity contribution >= 4 is 15.5 Å². The van der Waals surface area contributed by atoms with Crippen LogP contribution in [0.2, 0.25) is 0 Å². The van der Waals surface area contributed by atoms with E-state index in [0.29, 0.717) is 17.2 Å². The summed E-state index contributed by atoms with van der Waals surface area (Å²) in [4.78, 5) is 0.222. The van der Waals surface area contributed by atoms with E-state index in [0.717, 1.165) is 11.8 Å². The molecule has 25 heavy (non-hydrogen) atoms. The number of halogens is 1. The Balaban J connectivity index is 1.82. The summed E-state index contributed by atoms with van der Waals surface area (Å²) in [5.41, 5.74) is 2.19. The zero-order valence-electron chi connectivity index (χ0n) is 13.6. The third-order valence-corrected chi connectivity index (χ3v) is 4.81. The van der Waals surface area contributed by atoms with Gasteiger partial charge in [-0.15, -0.1) is 5.10 Å². The average Bonchev–Trinajstić information content (AvgIpc) is 3.03. The molecule has 0 radical (unpaired) electrons. The molecule has 0 bridgehead atoms. The van der Waals surface area contributed by atoms with Crippen molar-refractivity contribution in [3.63, 3.8) is 0 Å². The summed E-state index contributed by atoms with van der Waals surface area (Å²) in [7, 11) is -3.26. The quantitative estimate of drug-likeness (QED) is 0.749. The van der Waals surface area contributed by atoms with E-state index < -0.39 is 9.84 Å². The Morgan fingerprint density at radius 3 is 2.56 bits per heavy atom. The van der Waals surface area contributed by atoms with Crippen molar-refractivity contribution in [3.05, 3.63) is 59.7 Å². The van der Waals surface area contributed by atoms with Gasteiger partial charge in [0.2, 0.25) is 0 Å². The summed E-state index contributed by atoms with van der Waals surface area (Å²) >= 11 is 0. The van der Waals surface area contributed by atoms with Crippen LogP contribution in [0.15, 0.2) is 47.4 Å². The number of rotatable bonds is 5. The fourth-order valence-electron chi connectivity index (χ4n) is 2.31. The lowest BCUT2D eigenvalue weighted by atomic mass is 10.2. The molecule has 0 fully saturated rings. The third-order valence-electron chi connectivity index (χ3n) is 3.68. The van der Waals surface area contributed by atoms with Gasteiger partial charge in [0, 0.05) is 11.9 Å². The fraction of sp³-hybridized carbons (Fsp3) is 0.188.